The summed E-state index contributed by atoms with van der Waals surface area (Å²) in [6.07, 6.45) is 2.25. The van der Waals surface area contributed by atoms with Crippen molar-refractivity contribution in [2.24, 2.45) is 5.92 Å². The normalized spacial score (nSPS) is 26.5. The summed E-state index contributed by atoms with van der Waals surface area (Å²) in [5, 5.41) is 20.6. The zero-order valence-corrected chi connectivity index (χ0v) is 12.9. The number of H-pyrrole nitrogens is 1. The van der Waals surface area contributed by atoms with Gasteiger partial charge in [0.15, 0.2) is 0 Å². The highest BCUT2D eigenvalue weighted by atomic mass is 16.3. The molecule has 6 heteroatoms. The molecule has 0 saturated carbocycles. The number of carbonyl (C=O) groups excluding carboxylic acids is 1. The van der Waals surface area contributed by atoms with Gasteiger partial charge in [0.05, 0.1) is 24.0 Å². The van der Waals surface area contributed by atoms with Crippen LogP contribution in [0.1, 0.15) is 29.3 Å². The predicted octanol–water partition coefficient (Wildman–Crippen LogP) is 0.896. The van der Waals surface area contributed by atoms with Gasteiger partial charge in [-0.05, 0) is 18.4 Å². The van der Waals surface area contributed by atoms with Crippen molar-refractivity contribution >= 4 is 5.91 Å². The molecule has 2 aromatic rings. The van der Waals surface area contributed by atoms with E-state index in [1.165, 1.54) is 5.56 Å². The monoisotopic (exact) mass is 312 g/mol. The van der Waals surface area contributed by atoms with Crippen molar-refractivity contribution in [1.82, 2.24) is 20.3 Å². The Morgan fingerprint density at radius 3 is 2.83 bits per heavy atom. The second-order valence-electron chi connectivity index (χ2n) is 6.41. The number of hydrogen-bond acceptors (Lipinski definition) is 4. The first-order valence-electron chi connectivity index (χ1n) is 8.12. The first kappa shape index (κ1) is 14.4. The number of benzene rings is 1. The van der Waals surface area contributed by atoms with E-state index in [4.69, 9.17) is 0 Å². The maximum atomic E-state index is 12.8. The van der Waals surface area contributed by atoms with Crippen molar-refractivity contribution in [3.05, 3.63) is 47.3 Å². The average Bonchev–Trinajstić information content (AvgIpc) is 3.03. The quantitative estimate of drug-likeness (QED) is 0.882. The molecule has 4 rings (SSSR count). The summed E-state index contributed by atoms with van der Waals surface area (Å²) >= 11 is 0. The van der Waals surface area contributed by atoms with Gasteiger partial charge in [-0.25, -0.2) is 0 Å². The maximum Gasteiger partial charge on any atom is 0.226 e. The maximum absolute atomic E-state index is 12.8. The Morgan fingerprint density at radius 1 is 1.26 bits per heavy atom. The third-order valence-electron chi connectivity index (χ3n) is 5.18. The van der Waals surface area contributed by atoms with Crippen molar-refractivity contribution in [3.8, 4) is 0 Å². The zero-order valence-electron chi connectivity index (χ0n) is 12.9. The van der Waals surface area contributed by atoms with Crippen LogP contribution in [-0.4, -0.2) is 50.5 Å². The van der Waals surface area contributed by atoms with Crippen LogP contribution in [0, 0.1) is 5.92 Å². The zero-order chi connectivity index (χ0) is 15.8. The van der Waals surface area contributed by atoms with Crippen LogP contribution in [0.25, 0.3) is 0 Å². The van der Waals surface area contributed by atoms with Crippen LogP contribution in [0.2, 0.25) is 0 Å². The molecule has 1 fully saturated rings. The fraction of sp³-hybridized carbons (Fsp3) is 0.471. The highest BCUT2D eigenvalue weighted by Gasteiger charge is 2.44. The van der Waals surface area contributed by atoms with Gasteiger partial charge >= 0.3 is 0 Å². The molecule has 1 aliphatic carbocycles. The summed E-state index contributed by atoms with van der Waals surface area (Å²) in [7, 11) is 0. The molecule has 1 aliphatic heterocycles. The molecule has 0 bridgehead atoms. The van der Waals surface area contributed by atoms with E-state index in [0.29, 0.717) is 13.0 Å². The minimum Gasteiger partial charge on any atom is -0.394 e. The Balaban J connectivity index is 1.46. The third kappa shape index (κ3) is 2.43. The summed E-state index contributed by atoms with van der Waals surface area (Å²) in [4.78, 5) is 14.7. The summed E-state index contributed by atoms with van der Waals surface area (Å²) in [6.45, 7) is 0.698. The molecule has 2 heterocycles. The Morgan fingerprint density at radius 2 is 2.04 bits per heavy atom. The molecule has 0 spiro atoms. The molecule has 6 nitrogen and oxygen atoms in total. The molecule has 1 saturated heterocycles. The summed E-state index contributed by atoms with van der Waals surface area (Å²) in [6, 6.07) is 10.0. The molecule has 2 N–H and O–H groups in total. The van der Waals surface area contributed by atoms with E-state index in [9.17, 15) is 9.90 Å². The van der Waals surface area contributed by atoms with Gasteiger partial charge in [0, 0.05) is 24.8 Å². The molecule has 0 radical (unpaired) electrons. The number of nitrogens with zero attached hydrogens (tertiary/aromatic N) is 3. The Labute approximate surface area is 134 Å². The van der Waals surface area contributed by atoms with E-state index in [2.05, 4.69) is 27.5 Å². The van der Waals surface area contributed by atoms with Gasteiger partial charge in [0.2, 0.25) is 5.91 Å². The lowest BCUT2D eigenvalue weighted by molar-refractivity contribution is -0.147. The van der Waals surface area contributed by atoms with E-state index >= 15 is 0 Å². The molecule has 1 amide bonds. The van der Waals surface area contributed by atoms with Crippen LogP contribution in [0.4, 0.5) is 0 Å². The number of aryl methyl sites for hydroxylation is 1. The van der Waals surface area contributed by atoms with Gasteiger partial charge in [-0.2, -0.15) is 15.4 Å². The number of carbonyl (C=O) groups is 1. The largest absolute Gasteiger partial charge is 0.394 e. The topological polar surface area (TPSA) is 82.1 Å². The predicted molar refractivity (Wildman–Crippen MR) is 83.7 cm³/mol. The van der Waals surface area contributed by atoms with Gasteiger partial charge in [0.1, 0.15) is 0 Å². The highest BCUT2D eigenvalue weighted by molar-refractivity contribution is 5.81. The van der Waals surface area contributed by atoms with E-state index in [1.807, 2.05) is 23.1 Å². The Bertz CT molecular complexity index is 700. The van der Waals surface area contributed by atoms with Crippen molar-refractivity contribution in [3.63, 3.8) is 0 Å². The first-order chi connectivity index (χ1) is 11.3. The molecule has 120 valence electrons. The standard InChI is InChI=1S/C17H20N4O2/c22-10-16-13(11-4-2-1-3-5-11)9-21(16)17(23)12-6-7-14-15(8-12)19-20-18-14/h1-5,12-13,16,22H,6-10H2,(H,18,19,20)/t12?,13-,16-/m1/s1. The van der Waals surface area contributed by atoms with Crippen LogP contribution in [0.5, 0.6) is 0 Å². The van der Waals surface area contributed by atoms with E-state index in [-0.39, 0.29) is 30.4 Å². The summed E-state index contributed by atoms with van der Waals surface area (Å²) < 4.78 is 0. The molecule has 1 unspecified atom stereocenters. The van der Waals surface area contributed by atoms with Gasteiger partial charge in [-0.1, -0.05) is 30.3 Å². The number of hydrogen-bond donors (Lipinski definition) is 2. The lowest BCUT2D eigenvalue weighted by Gasteiger charge is -2.49. The molecule has 1 aromatic heterocycles. The first-order valence-corrected chi connectivity index (χ1v) is 8.12. The van der Waals surface area contributed by atoms with Gasteiger partial charge in [0.25, 0.3) is 0 Å². The Kier molecular flexibility index (Phi) is 3.61. The smallest absolute Gasteiger partial charge is 0.226 e. The van der Waals surface area contributed by atoms with Crippen LogP contribution < -0.4 is 0 Å². The van der Waals surface area contributed by atoms with Crippen molar-refractivity contribution in [2.75, 3.05) is 13.2 Å². The van der Waals surface area contributed by atoms with Crippen LogP contribution in [0.15, 0.2) is 30.3 Å². The van der Waals surface area contributed by atoms with Crippen molar-refractivity contribution in [2.45, 2.75) is 31.2 Å². The number of aromatic nitrogens is 3. The van der Waals surface area contributed by atoms with Gasteiger partial charge in [-0.15, -0.1) is 0 Å². The van der Waals surface area contributed by atoms with E-state index < -0.39 is 0 Å². The number of aliphatic hydroxyl groups is 1. The molecule has 23 heavy (non-hydrogen) atoms. The number of rotatable bonds is 3. The van der Waals surface area contributed by atoms with Crippen molar-refractivity contribution in [1.29, 1.82) is 0 Å². The minimum atomic E-state index is -0.108. The number of nitrogens with one attached hydrogen (secondary N) is 1. The van der Waals surface area contributed by atoms with Gasteiger partial charge < -0.3 is 10.0 Å². The average molecular weight is 312 g/mol. The molecule has 2 aliphatic rings. The fourth-order valence-electron chi connectivity index (χ4n) is 3.79. The molecule has 1 aromatic carbocycles. The fourth-order valence-corrected chi connectivity index (χ4v) is 3.79. The third-order valence-corrected chi connectivity index (χ3v) is 5.18. The summed E-state index contributed by atoms with van der Waals surface area (Å²) in [5.74, 6) is 0.333. The van der Waals surface area contributed by atoms with E-state index in [0.717, 1.165) is 24.2 Å². The summed E-state index contributed by atoms with van der Waals surface area (Å²) in [5.41, 5.74) is 3.09. The number of aromatic amines is 1. The number of likely N-dealkylation sites (tertiary alicyclic amines) is 1. The highest BCUT2D eigenvalue weighted by Crippen LogP contribution is 2.36. The lowest BCUT2D eigenvalue weighted by atomic mass is 9.80. The second kappa shape index (κ2) is 5.77. The van der Waals surface area contributed by atoms with Crippen LogP contribution >= 0.6 is 0 Å². The lowest BCUT2D eigenvalue weighted by Crippen LogP contribution is -2.60. The van der Waals surface area contributed by atoms with E-state index in [1.54, 1.807) is 0 Å². The van der Waals surface area contributed by atoms with Crippen LogP contribution in [-0.2, 0) is 17.6 Å². The number of aliphatic hydroxyl groups excluding tert-OH is 1. The minimum absolute atomic E-state index is 0.00717. The SMILES string of the molecule is O=C(C1CCc2n[nH]nc2C1)N1C[C@H](c2ccccc2)[C@H]1CO. The van der Waals surface area contributed by atoms with Gasteiger partial charge in [-0.3, -0.25) is 4.79 Å². The van der Waals surface area contributed by atoms with Crippen LogP contribution in [0.3, 0.4) is 0 Å². The number of amides is 1. The molecular formula is C17H20N4O2. The molecule has 3 atom stereocenters. The Hall–Kier alpha value is -2.21. The van der Waals surface area contributed by atoms with Crippen molar-refractivity contribution < 1.29 is 9.90 Å². The number of fused-ring (bicyclic) bond motifs is 1. The second-order valence-corrected chi connectivity index (χ2v) is 6.41. The molecular weight excluding hydrogens is 292 g/mol.